The van der Waals surface area contributed by atoms with Crippen molar-refractivity contribution in [1.82, 2.24) is 19.5 Å². The number of hydrogen-bond donors (Lipinski definition) is 1. The largest absolute Gasteiger partial charge is 0.418 e. The third-order valence-corrected chi connectivity index (χ3v) is 6.87. The number of carbonyl (C=O) groups is 2. The third-order valence-electron chi connectivity index (χ3n) is 6.10. The number of sulfone groups is 1. The van der Waals surface area contributed by atoms with Gasteiger partial charge < -0.3 is 15.5 Å². The minimum Gasteiger partial charge on any atom is -0.382 e. The molecule has 1 aliphatic heterocycles. The van der Waals surface area contributed by atoms with Gasteiger partial charge in [-0.2, -0.15) is 18.3 Å². The zero-order chi connectivity index (χ0) is 27.5. The molecule has 1 saturated heterocycles. The quantitative estimate of drug-likeness (QED) is 0.500. The van der Waals surface area contributed by atoms with E-state index in [1.54, 1.807) is 0 Å². The molecule has 37 heavy (non-hydrogen) atoms. The normalized spacial score (nSPS) is 16.5. The van der Waals surface area contributed by atoms with Crippen LogP contribution in [0, 0.1) is 5.82 Å². The van der Waals surface area contributed by atoms with Crippen LogP contribution in [0.25, 0.3) is 16.8 Å². The third kappa shape index (κ3) is 4.70. The molecule has 4 rings (SSSR count). The Morgan fingerprint density at radius 3 is 2.49 bits per heavy atom. The molecule has 2 N–H and O–H groups in total. The summed E-state index contributed by atoms with van der Waals surface area (Å²) in [6.45, 7) is 2.54. The molecule has 0 unspecified atom stereocenters. The van der Waals surface area contributed by atoms with Crippen LogP contribution < -0.4 is 10.6 Å². The summed E-state index contributed by atoms with van der Waals surface area (Å²) in [6.07, 6.45) is -2.90. The summed E-state index contributed by atoms with van der Waals surface area (Å²) < 4.78 is 80.1. The first-order valence-electron chi connectivity index (χ1n) is 10.8. The van der Waals surface area contributed by atoms with Crippen molar-refractivity contribution in [3.05, 3.63) is 42.0 Å². The van der Waals surface area contributed by atoms with Gasteiger partial charge >= 0.3 is 6.18 Å². The fourth-order valence-corrected chi connectivity index (χ4v) is 4.97. The maximum Gasteiger partial charge on any atom is 0.418 e. The second-order valence-corrected chi connectivity index (χ2v) is 11.3. The van der Waals surface area contributed by atoms with Crippen LogP contribution in [0.5, 0.6) is 0 Å². The Labute approximate surface area is 208 Å². The molecular formula is C22H22F4N6O4S. The van der Waals surface area contributed by atoms with Crippen LogP contribution in [-0.2, 0) is 25.6 Å². The second kappa shape index (κ2) is 8.68. The minimum absolute atomic E-state index is 0.0636. The molecule has 1 aliphatic rings. The number of anilines is 2. The number of halogens is 4. The number of rotatable bonds is 4. The molecule has 3 heterocycles. The van der Waals surface area contributed by atoms with Gasteiger partial charge in [0.15, 0.2) is 15.7 Å². The number of carbonyl (C=O) groups excluding carboxylic acids is 2. The van der Waals surface area contributed by atoms with E-state index < -0.39 is 61.8 Å². The summed E-state index contributed by atoms with van der Waals surface area (Å²) >= 11 is 0. The molecule has 2 amide bonds. The molecule has 0 spiro atoms. The highest BCUT2D eigenvalue weighted by Crippen LogP contribution is 2.40. The van der Waals surface area contributed by atoms with Crippen LogP contribution >= 0.6 is 0 Å². The fraction of sp³-hybridized carbons (Fsp3) is 0.364. The van der Waals surface area contributed by atoms with E-state index in [1.807, 2.05) is 0 Å². The summed E-state index contributed by atoms with van der Waals surface area (Å²) in [4.78, 5) is 31.7. The summed E-state index contributed by atoms with van der Waals surface area (Å²) in [5.74, 6) is -3.48. The maximum atomic E-state index is 15.0. The van der Waals surface area contributed by atoms with E-state index >= 15 is 0 Å². The summed E-state index contributed by atoms with van der Waals surface area (Å²) in [7, 11) is -3.66. The van der Waals surface area contributed by atoms with E-state index in [4.69, 9.17) is 5.73 Å². The number of benzene rings is 1. The number of aromatic nitrogens is 3. The predicted molar refractivity (Wildman–Crippen MR) is 126 cm³/mol. The Morgan fingerprint density at radius 1 is 1.19 bits per heavy atom. The van der Waals surface area contributed by atoms with Crippen LogP contribution in [-0.4, -0.2) is 70.4 Å². The van der Waals surface area contributed by atoms with Gasteiger partial charge in [0.25, 0.3) is 5.91 Å². The molecule has 15 heteroatoms. The molecule has 1 fully saturated rings. The number of nitrogens with two attached hydrogens (primary N) is 1. The van der Waals surface area contributed by atoms with Gasteiger partial charge in [0, 0.05) is 24.9 Å². The Balaban J connectivity index is 1.77. The van der Waals surface area contributed by atoms with Gasteiger partial charge in [-0.05, 0) is 38.1 Å². The first kappa shape index (κ1) is 26.3. The number of amides is 2. The van der Waals surface area contributed by atoms with E-state index in [1.165, 1.54) is 26.0 Å². The standard InChI is InChI=1S/C22H22F4N6O4S/c1-21(2)20(34)30(6-7-31(21)17(33)10-37(3,35)36)16-8-12(4-5-14(16)23)15-9-13(22(24,25)26)18-19(27)28-11-29-32(15)18/h4-5,8-9,11H,6-7,10H2,1-3H3,(H2,27,28,29). The first-order valence-corrected chi connectivity index (χ1v) is 12.9. The zero-order valence-electron chi connectivity index (χ0n) is 19.9. The summed E-state index contributed by atoms with van der Waals surface area (Å²) in [5.41, 5.74) is 2.44. The van der Waals surface area contributed by atoms with E-state index in [0.717, 1.165) is 39.0 Å². The van der Waals surface area contributed by atoms with Gasteiger partial charge in [-0.1, -0.05) is 0 Å². The second-order valence-electron chi connectivity index (χ2n) is 9.14. The molecule has 2 aromatic heterocycles. The average molecular weight is 543 g/mol. The Hall–Kier alpha value is -3.75. The van der Waals surface area contributed by atoms with Crippen LogP contribution in [0.15, 0.2) is 30.6 Å². The van der Waals surface area contributed by atoms with E-state index in [9.17, 15) is 35.6 Å². The van der Waals surface area contributed by atoms with Crippen LogP contribution in [0.1, 0.15) is 19.4 Å². The predicted octanol–water partition coefficient (Wildman–Crippen LogP) is 2.13. The molecule has 0 atom stereocenters. The number of hydrogen-bond acceptors (Lipinski definition) is 7. The van der Waals surface area contributed by atoms with Gasteiger partial charge in [-0.3, -0.25) is 9.59 Å². The number of piperazine rings is 1. The van der Waals surface area contributed by atoms with E-state index in [0.29, 0.717) is 0 Å². The molecule has 0 aliphatic carbocycles. The molecule has 3 aromatic rings. The topological polar surface area (TPSA) is 131 Å². The lowest BCUT2D eigenvalue weighted by molar-refractivity contribution is -0.145. The van der Waals surface area contributed by atoms with Crippen LogP contribution in [0.3, 0.4) is 0 Å². The van der Waals surface area contributed by atoms with Gasteiger partial charge in [0.1, 0.15) is 29.0 Å². The fourth-order valence-electron chi connectivity index (χ4n) is 4.36. The Morgan fingerprint density at radius 2 is 1.86 bits per heavy atom. The van der Waals surface area contributed by atoms with Gasteiger partial charge in [-0.25, -0.2) is 22.3 Å². The lowest BCUT2D eigenvalue weighted by Crippen LogP contribution is -2.65. The maximum absolute atomic E-state index is 15.0. The van der Waals surface area contributed by atoms with Crippen molar-refractivity contribution in [2.24, 2.45) is 0 Å². The molecule has 1 aromatic carbocycles. The number of alkyl halides is 3. The van der Waals surface area contributed by atoms with Crippen molar-refractivity contribution < 1.29 is 35.6 Å². The minimum atomic E-state index is -4.78. The molecule has 0 bridgehead atoms. The van der Waals surface area contributed by atoms with Crippen molar-refractivity contribution >= 4 is 38.7 Å². The van der Waals surface area contributed by atoms with Crippen molar-refractivity contribution in [3.63, 3.8) is 0 Å². The van der Waals surface area contributed by atoms with Crippen molar-refractivity contribution in [2.75, 3.05) is 35.7 Å². The van der Waals surface area contributed by atoms with Crippen LogP contribution in [0.2, 0.25) is 0 Å². The number of nitrogens with zero attached hydrogens (tertiary/aromatic N) is 5. The van der Waals surface area contributed by atoms with Crippen molar-refractivity contribution in [1.29, 1.82) is 0 Å². The van der Waals surface area contributed by atoms with Gasteiger partial charge in [-0.15, -0.1) is 0 Å². The highest BCUT2D eigenvalue weighted by Gasteiger charge is 2.45. The highest BCUT2D eigenvalue weighted by molar-refractivity contribution is 7.91. The monoisotopic (exact) mass is 542 g/mol. The Kier molecular flexibility index (Phi) is 6.17. The number of fused-ring (bicyclic) bond motifs is 1. The van der Waals surface area contributed by atoms with Gasteiger partial charge in [0.2, 0.25) is 5.91 Å². The lowest BCUT2D eigenvalue weighted by atomic mass is 9.96. The smallest absolute Gasteiger partial charge is 0.382 e. The average Bonchev–Trinajstić information content (AvgIpc) is 3.16. The molecule has 0 saturated carbocycles. The zero-order valence-corrected chi connectivity index (χ0v) is 20.7. The Bertz CT molecular complexity index is 1530. The first-order chi connectivity index (χ1) is 17.0. The molecule has 10 nitrogen and oxygen atoms in total. The van der Waals surface area contributed by atoms with Crippen LogP contribution in [0.4, 0.5) is 29.1 Å². The molecule has 0 radical (unpaired) electrons. The number of nitrogen functional groups attached to an aromatic ring is 1. The molecule has 198 valence electrons. The SMILES string of the molecule is CC1(C)C(=O)N(c2cc(-c3cc(C(F)(F)F)c4c(N)ncnn34)ccc2F)CCN1C(=O)CS(C)(=O)=O. The summed E-state index contributed by atoms with van der Waals surface area (Å²) in [6, 6.07) is 4.26. The summed E-state index contributed by atoms with van der Waals surface area (Å²) in [5, 5.41) is 3.87. The van der Waals surface area contributed by atoms with Crippen molar-refractivity contribution in [3.8, 4) is 11.3 Å². The van der Waals surface area contributed by atoms with E-state index in [-0.39, 0.29) is 30.0 Å². The lowest BCUT2D eigenvalue weighted by Gasteiger charge is -2.45. The van der Waals surface area contributed by atoms with Gasteiger partial charge in [0.05, 0.1) is 16.9 Å². The van der Waals surface area contributed by atoms with Crippen molar-refractivity contribution in [2.45, 2.75) is 25.6 Å². The highest BCUT2D eigenvalue weighted by atomic mass is 32.2. The van der Waals surface area contributed by atoms with E-state index in [2.05, 4.69) is 10.1 Å². The molecular weight excluding hydrogens is 520 g/mol.